The van der Waals surface area contributed by atoms with Crippen LogP contribution >= 0.6 is 0 Å². The van der Waals surface area contributed by atoms with Gasteiger partial charge in [0.2, 0.25) is 5.95 Å². The van der Waals surface area contributed by atoms with Crippen LogP contribution in [0.4, 0.5) is 5.95 Å². The Balaban J connectivity index is 1.57. The Morgan fingerprint density at radius 2 is 1.68 bits per heavy atom. The van der Waals surface area contributed by atoms with Crippen molar-refractivity contribution in [3.05, 3.63) is 18.5 Å². The summed E-state index contributed by atoms with van der Waals surface area (Å²) in [4.78, 5) is 13.3. The van der Waals surface area contributed by atoms with E-state index in [4.69, 9.17) is 0 Å². The van der Waals surface area contributed by atoms with Crippen molar-refractivity contribution in [3.8, 4) is 0 Å². The van der Waals surface area contributed by atoms with E-state index < -0.39 is 0 Å². The minimum Gasteiger partial charge on any atom is -0.391 e. The van der Waals surface area contributed by atoms with Gasteiger partial charge in [-0.3, -0.25) is 4.90 Å². The van der Waals surface area contributed by atoms with E-state index in [1.165, 1.54) is 12.8 Å². The van der Waals surface area contributed by atoms with Crippen LogP contribution in [0.25, 0.3) is 0 Å². The molecule has 1 aromatic rings. The van der Waals surface area contributed by atoms with Crippen LogP contribution in [0.1, 0.15) is 25.7 Å². The van der Waals surface area contributed by atoms with Gasteiger partial charge in [0.25, 0.3) is 0 Å². The quantitative estimate of drug-likeness (QED) is 0.858. The van der Waals surface area contributed by atoms with Crippen LogP contribution in [0.2, 0.25) is 0 Å². The molecule has 2 aliphatic rings. The van der Waals surface area contributed by atoms with Gasteiger partial charge >= 0.3 is 0 Å². The van der Waals surface area contributed by atoms with Gasteiger partial charge in [-0.2, -0.15) is 0 Å². The molecule has 0 bridgehead atoms. The number of piperazine rings is 1. The van der Waals surface area contributed by atoms with Crippen molar-refractivity contribution < 1.29 is 5.11 Å². The van der Waals surface area contributed by atoms with Gasteiger partial charge in [-0.1, -0.05) is 12.8 Å². The lowest BCUT2D eigenvalue weighted by Crippen LogP contribution is -2.54. The van der Waals surface area contributed by atoms with E-state index in [2.05, 4.69) is 19.8 Å². The van der Waals surface area contributed by atoms with Crippen molar-refractivity contribution in [2.45, 2.75) is 37.8 Å². The Hall–Kier alpha value is -1.20. The minimum atomic E-state index is -0.131. The second-order valence-electron chi connectivity index (χ2n) is 5.49. The smallest absolute Gasteiger partial charge is 0.225 e. The van der Waals surface area contributed by atoms with E-state index in [1.54, 1.807) is 12.4 Å². The van der Waals surface area contributed by atoms with Gasteiger partial charge in [-0.15, -0.1) is 0 Å². The molecule has 2 fully saturated rings. The minimum absolute atomic E-state index is 0.131. The van der Waals surface area contributed by atoms with Crippen molar-refractivity contribution in [1.82, 2.24) is 14.9 Å². The average Bonchev–Trinajstić information content (AvgIpc) is 2.49. The monoisotopic (exact) mass is 262 g/mol. The Bertz CT molecular complexity index is 392. The second kappa shape index (κ2) is 5.84. The van der Waals surface area contributed by atoms with Crippen molar-refractivity contribution >= 4 is 5.95 Å². The number of aliphatic hydroxyl groups excluding tert-OH is 1. The van der Waals surface area contributed by atoms with E-state index >= 15 is 0 Å². The number of anilines is 1. The van der Waals surface area contributed by atoms with E-state index in [-0.39, 0.29) is 6.10 Å². The lowest BCUT2D eigenvalue weighted by Gasteiger charge is -2.42. The summed E-state index contributed by atoms with van der Waals surface area (Å²) in [6.07, 6.45) is 7.99. The molecule has 5 heteroatoms. The Kier molecular flexibility index (Phi) is 3.94. The largest absolute Gasteiger partial charge is 0.391 e. The molecule has 1 saturated carbocycles. The molecule has 19 heavy (non-hydrogen) atoms. The molecule has 1 aliphatic heterocycles. The molecule has 2 heterocycles. The second-order valence-corrected chi connectivity index (χ2v) is 5.49. The van der Waals surface area contributed by atoms with Crippen LogP contribution in [0.3, 0.4) is 0 Å². The predicted octanol–water partition coefficient (Wildman–Crippen LogP) is 0.902. The normalized spacial score (nSPS) is 29.4. The summed E-state index contributed by atoms with van der Waals surface area (Å²) < 4.78 is 0. The number of hydrogen-bond donors (Lipinski definition) is 1. The highest BCUT2D eigenvalue weighted by molar-refractivity contribution is 5.29. The first-order valence-electron chi connectivity index (χ1n) is 7.29. The molecule has 3 rings (SSSR count). The maximum absolute atomic E-state index is 10.1. The molecule has 2 atom stereocenters. The SMILES string of the molecule is OC1CCCCC1N1CCN(c2ncccn2)CC1. The summed E-state index contributed by atoms with van der Waals surface area (Å²) in [6, 6.07) is 2.21. The zero-order chi connectivity index (χ0) is 13.1. The number of nitrogens with zero attached hydrogens (tertiary/aromatic N) is 4. The fourth-order valence-electron chi connectivity index (χ4n) is 3.23. The summed E-state index contributed by atoms with van der Waals surface area (Å²) >= 11 is 0. The molecule has 1 N–H and O–H groups in total. The highest BCUT2D eigenvalue weighted by Crippen LogP contribution is 2.24. The third-order valence-corrected chi connectivity index (χ3v) is 4.31. The lowest BCUT2D eigenvalue weighted by atomic mass is 9.91. The van der Waals surface area contributed by atoms with E-state index in [1.807, 2.05) is 6.07 Å². The molecular formula is C14H22N4O. The zero-order valence-electron chi connectivity index (χ0n) is 11.3. The van der Waals surface area contributed by atoms with Gasteiger partial charge in [0.1, 0.15) is 0 Å². The highest BCUT2D eigenvalue weighted by atomic mass is 16.3. The molecule has 1 aliphatic carbocycles. The van der Waals surface area contributed by atoms with Crippen molar-refractivity contribution in [1.29, 1.82) is 0 Å². The Morgan fingerprint density at radius 3 is 2.37 bits per heavy atom. The molecule has 0 spiro atoms. The summed E-state index contributed by atoms with van der Waals surface area (Å²) in [7, 11) is 0. The first kappa shape index (κ1) is 12.8. The van der Waals surface area contributed by atoms with Crippen LogP contribution in [-0.2, 0) is 0 Å². The van der Waals surface area contributed by atoms with E-state index in [0.717, 1.165) is 45.0 Å². The van der Waals surface area contributed by atoms with Crippen LogP contribution in [0, 0.1) is 0 Å². The first-order chi connectivity index (χ1) is 9.34. The van der Waals surface area contributed by atoms with E-state index in [9.17, 15) is 5.11 Å². The lowest BCUT2D eigenvalue weighted by molar-refractivity contribution is 0.0172. The standard InChI is InChI=1S/C14H22N4O/c19-13-5-2-1-4-12(13)17-8-10-18(11-9-17)14-15-6-3-7-16-14/h3,6-7,12-13,19H,1-2,4-5,8-11H2. The number of rotatable bonds is 2. The average molecular weight is 262 g/mol. The first-order valence-corrected chi connectivity index (χ1v) is 7.29. The van der Waals surface area contributed by atoms with Gasteiger partial charge in [0.15, 0.2) is 0 Å². The fraction of sp³-hybridized carbons (Fsp3) is 0.714. The molecule has 5 nitrogen and oxygen atoms in total. The predicted molar refractivity (Wildman–Crippen MR) is 74.1 cm³/mol. The van der Waals surface area contributed by atoms with Gasteiger partial charge < -0.3 is 10.0 Å². The summed E-state index contributed by atoms with van der Waals surface area (Å²) in [5.74, 6) is 0.825. The molecule has 104 valence electrons. The number of hydrogen-bond acceptors (Lipinski definition) is 5. The third-order valence-electron chi connectivity index (χ3n) is 4.31. The highest BCUT2D eigenvalue weighted by Gasteiger charge is 2.31. The van der Waals surface area contributed by atoms with Gasteiger partial charge in [-0.05, 0) is 18.9 Å². The molecule has 1 aromatic heterocycles. The van der Waals surface area contributed by atoms with Gasteiger partial charge in [0, 0.05) is 44.6 Å². The van der Waals surface area contributed by atoms with Crippen molar-refractivity contribution in [2.24, 2.45) is 0 Å². The van der Waals surface area contributed by atoms with Gasteiger partial charge in [-0.25, -0.2) is 9.97 Å². The van der Waals surface area contributed by atoms with Crippen LogP contribution in [-0.4, -0.2) is 58.3 Å². The maximum Gasteiger partial charge on any atom is 0.225 e. The summed E-state index contributed by atoms with van der Waals surface area (Å²) in [5, 5.41) is 10.1. The summed E-state index contributed by atoms with van der Waals surface area (Å²) in [6.45, 7) is 3.90. The molecule has 0 amide bonds. The van der Waals surface area contributed by atoms with Crippen LogP contribution < -0.4 is 4.90 Å². The Labute approximate surface area is 114 Å². The molecule has 0 aromatic carbocycles. The van der Waals surface area contributed by atoms with Crippen molar-refractivity contribution in [2.75, 3.05) is 31.1 Å². The molecular weight excluding hydrogens is 240 g/mol. The summed E-state index contributed by atoms with van der Waals surface area (Å²) in [5.41, 5.74) is 0. The van der Waals surface area contributed by atoms with Gasteiger partial charge in [0.05, 0.1) is 6.10 Å². The third kappa shape index (κ3) is 2.87. The number of aromatic nitrogens is 2. The van der Waals surface area contributed by atoms with Crippen LogP contribution in [0.15, 0.2) is 18.5 Å². The number of aliphatic hydroxyl groups is 1. The maximum atomic E-state index is 10.1. The molecule has 1 saturated heterocycles. The zero-order valence-corrected chi connectivity index (χ0v) is 11.3. The van der Waals surface area contributed by atoms with Crippen molar-refractivity contribution in [3.63, 3.8) is 0 Å². The molecule has 0 radical (unpaired) electrons. The topological polar surface area (TPSA) is 52.5 Å². The fourth-order valence-corrected chi connectivity index (χ4v) is 3.23. The van der Waals surface area contributed by atoms with E-state index in [0.29, 0.717) is 6.04 Å². The van der Waals surface area contributed by atoms with Crippen LogP contribution in [0.5, 0.6) is 0 Å². The Morgan fingerprint density at radius 1 is 1.00 bits per heavy atom. The molecule has 2 unspecified atom stereocenters.